The third-order valence-corrected chi connectivity index (χ3v) is 6.51. The second-order valence-electron chi connectivity index (χ2n) is 9.15. The van der Waals surface area contributed by atoms with Crippen LogP contribution in [0, 0.1) is 11.7 Å². The lowest BCUT2D eigenvalue weighted by Crippen LogP contribution is -2.48. The number of nitrogens with zero attached hydrogens (tertiary/aromatic N) is 1. The third kappa shape index (κ3) is 5.72. The van der Waals surface area contributed by atoms with Gasteiger partial charge in [-0.2, -0.15) is 0 Å². The molecule has 3 rings (SSSR count). The van der Waals surface area contributed by atoms with Gasteiger partial charge in [-0.3, -0.25) is 9.59 Å². The number of ether oxygens (including phenoxy) is 1. The quantitative estimate of drug-likeness (QED) is 0.713. The zero-order valence-corrected chi connectivity index (χ0v) is 18.3. The Bertz CT molecular complexity index is 760. The highest BCUT2D eigenvalue weighted by Gasteiger charge is 2.35. The number of likely N-dealkylation sites (tertiary alicyclic amines) is 1. The van der Waals surface area contributed by atoms with Gasteiger partial charge in [0.1, 0.15) is 11.6 Å². The third-order valence-electron chi connectivity index (χ3n) is 6.51. The van der Waals surface area contributed by atoms with E-state index in [2.05, 4.69) is 24.5 Å². The summed E-state index contributed by atoms with van der Waals surface area (Å²) in [6.07, 6.45) is 6.12. The number of hydrogen-bond acceptors (Lipinski definition) is 4. The Morgan fingerprint density at radius 3 is 2.57 bits per heavy atom. The molecule has 1 saturated carbocycles. The van der Waals surface area contributed by atoms with Crippen LogP contribution in [0.25, 0.3) is 0 Å². The Balaban J connectivity index is 1.38. The highest BCUT2D eigenvalue weighted by atomic mass is 19.1. The Morgan fingerprint density at radius 2 is 1.93 bits per heavy atom. The Morgan fingerprint density at radius 1 is 1.20 bits per heavy atom. The van der Waals surface area contributed by atoms with Crippen molar-refractivity contribution in [3.63, 3.8) is 0 Å². The molecular weight excluding hydrogens is 385 g/mol. The predicted molar refractivity (Wildman–Crippen MR) is 114 cm³/mol. The number of halogens is 1. The minimum atomic E-state index is -0.488. The van der Waals surface area contributed by atoms with Gasteiger partial charge in [0.15, 0.2) is 0 Å². The topological polar surface area (TPSA) is 70.7 Å². The second-order valence-corrected chi connectivity index (χ2v) is 9.15. The molecule has 1 heterocycles. The molecule has 30 heavy (non-hydrogen) atoms. The number of carbonyl (C=O) groups excluding carboxylic acids is 2. The Hall–Kier alpha value is -2.15. The van der Waals surface area contributed by atoms with Gasteiger partial charge in [0.2, 0.25) is 5.91 Å². The van der Waals surface area contributed by atoms with Crippen molar-refractivity contribution in [2.45, 2.75) is 64.0 Å². The fourth-order valence-electron chi connectivity index (χ4n) is 4.62. The number of amides is 2. The van der Waals surface area contributed by atoms with E-state index in [0.717, 1.165) is 45.1 Å². The first-order valence-electron chi connectivity index (χ1n) is 10.9. The summed E-state index contributed by atoms with van der Waals surface area (Å²) in [7, 11) is 1.45. The summed E-state index contributed by atoms with van der Waals surface area (Å²) in [5, 5.41) is 6.35. The van der Waals surface area contributed by atoms with Gasteiger partial charge in [-0.1, -0.05) is 0 Å². The molecule has 2 N–H and O–H groups in total. The molecule has 1 aliphatic carbocycles. The number of nitrogens with one attached hydrogen (secondary N) is 2. The highest BCUT2D eigenvalue weighted by molar-refractivity contribution is 5.94. The number of rotatable bonds is 7. The first-order valence-corrected chi connectivity index (χ1v) is 10.9. The molecule has 0 unspecified atom stereocenters. The zero-order chi connectivity index (χ0) is 21.7. The van der Waals surface area contributed by atoms with Gasteiger partial charge in [0, 0.05) is 36.3 Å². The van der Waals surface area contributed by atoms with Crippen molar-refractivity contribution < 1.29 is 18.7 Å². The largest absolute Gasteiger partial charge is 0.497 e. The molecule has 0 spiro atoms. The average Bonchev–Trinajstić information content (AvgIpc) is 3.09. The molecule has 0 radical (unpaired) electrons. The van der Waals surface area contributed by atoms with Crippen LogP contribution in [0.1, 0.15) is 62.7 Å². The monoisotopic (exact) mass is 419 g/mol. The van der Waals surface area contributed by atoms with Gasteiger partial charge in [-0.15, -0.1) is 0 Å². The van der Waals surface area contributed by atoms with Crippen LogP contribution in [0.2, 0.25) is 0 Å². The van der Waals surface area contributed by atoms with E-state index in [1.807, 2.05) is 4.90 Å². The Kier molecular flexibility index (Phi) is 7.34. The lowest BCUT2D eigenvalue weighted by molar-refractivity contribution is -0.133. The summed E-state index contributed by atoms with van der Waals surface area (Å²) in [6, 6.07) is 4.36. The lowest BCUT2D eigenvalue weighted by atomic mass is 9.86. The molecule has 1 aromatic rings. The van der Waals surface area contributed by atoms with E-state index in [1.165, 1.54) is 25.3 Å². The number of hydrogen-bond donors (Lipinski definition) is 2. The first kappa shape index (κ1) is 22.5. The van der Waals surface area contributed by atoms with E-state index >= 15 is 0 Å². The fourth-order valence-corrected chi connectivity index (χ4v) is 4.62. The minimum absolute atomic E-state index is 0.0275. The van der Waals surface area contributed by atoms with E-state index in [-0.39, 0.29) is 22.9 Å². The smallest absolute Gasteiger partial charge is 0.251 e. The first-order chi connectivity index (χ1) is 14.3. The van der Waals surface area contributed by atoms with Crippen LogP contribution in [-0.4, -0.2) is 55.0 Å². The summed E-state index contributed by atoms with van der Waals surface area (Å²) in [6.45, 7) is 6.11. The molecule has 0 bridgehead atoms. The van der Waals surface area contributed by atoms with Crippen LogP contribution in [0.3, 0.4) is 0 Å². The summed E-state index contributed by atoms with van der Waals surface area (Å²) in [5.74, 6) is 0.150. The van der Waals surface area contributed by atoms with Crippen LogP contribution >= 0.6 is 0 Å². The van der Waals surface area contributed by atoms with E-state index in [9.17, 15) is 14.0 Å². The molecule has 2 aliphatic rings. The molecule has 2 amide bonds. The number of benzene rings is 1. The zero-order valence-electron chi connectivity index (χ0n) is 18.3. The van der Waals surface area contributed by atoms with E-state index in [0.29, 0.717) is 30.8 Å². The summed E-state index contributed by atoms with van der Waals surface area (Å²) in [4.78, 5) is 26.9. The van der Waals surface area contributed by atoms with E-state index in [4.69, 9.17) is 4.74 Å². The van der Waals surface area contributed by atoms with Crippen LogP contribution in [0.4, 0.5) is 4.39 Å². The molecule has 2 fully saturated rings. The summed E-state index contributed by atoms with van der Waals surface area (Å²) < 4.78 is 18.6. The van der Waals surface area contributed by atoms with Crippen molar-refractivity contribution in [2.75, 3.05) is 26.7 Å². The highest BCUT2D eigenvalue weighted by Crippen LogP contribution is 2.28. The summed E-state index contributed by atoms with van der Waals surface area (Å²) in [5.41, 5.74) is 0.242. The fraction of sp³-hybridized carbons (Fsp3) is 0.652. The van der Waals surface area contributed by atoms with Crippen LogP contribution in [0.15, 0.2) is 18.2 Å². The maximum Gasteiger partial charge on any atom is 0.251 e. The predicted octanol–water partition coefficient (Wildman–Crippen LogP) is 3.11. The molecule has 1 aromatic carbocycles. The van der Waals surface area contributed by atoms with Crippen molar-refractivity contribution in [1.29, 1.82) is 0 Å². The maximum atomic E-state index is 13.6. The molecule has 166 valence electrons. The van der Waals surface area contributed by atoms with Crippen molar-refractivity contribution >= 4 is 11.8 Å². The van der Waals surface area contributed by atoms with Crippen molar-refractivity contribution in [3.05, 3.63) is 29.6 Å². The van der Waals surface area contributed by atoms with Gasteiger partial charge in [0.25, 0.3) is 5.91 Å². The van der Waals surface area contributed by atoms with Crippen molar-refractivity contribution in [2.24, 2.45) is 5.92 Å². The van der Waals surface area contributed by atoms with Crippen LogP contribution < -0.4 is 15.4 Å². The molecule has 0 atom stereocenters. The SMILES string of the molecule is COc1cc(F)cc(C(=O)NCC2CCC(NCC(=O)N3CCCC3(C)C)CC2)c1. The van der Waals surface area contributed by atoms with Gasteiger partial charge in [0.05, 0.1) is 13.7 Å². The molecule has 7 heteroatoms. The van der Waals surface area contributed by atoms with Crippen LogP contribution in [-0.2, 0) is 4.79 Å². The van der Waals surface area contributed by atoms with Gasteiger partial charge < -0.3 is 20.3 Å². The van der Waals surface area contributed by atoms with Gasteiger partial charge in [-0.05, 0) is 70.4 Å². The number of carbonyl (C=O) groups is 2. The maximum absolute atomic E-state index is 13.6. The lowest BCUT2D eigenvalue weighted by Gasteiger charge is -2.33. The molecule has 6 nitrogen and oxygen atoms in total. The van der Waals surface area contributed by atoms with Gasteiger partial charge in [-0.25, -0.2) is 4.39 Å². The molecule has 1 aliphatic heterocycles. The normalized spacial score (nSPS) is 23.3. The Labute approximate surface area is 178 Å². The standard InChI is InChI=1S/C23H34FN3O3/c1-23(2)9-4-10-27(23)21(28)15-25-19-7-5-16(6-8-19)14-26-22(29)17-11-18(24)13-20(12-17)30-3/h11-13,16,19,25H,4-10,14-15H2,1-3H3,(H,26,29). The molecule has 1 saturated heterocycles. The summed E-state index contributed by atoms with van der Waals surface area (Å²) >= 11 is 0. The average molecular weight is 420 g/mol. The van der Waals surface area contributed by atoms with E-state index < -0.39 is 5.82 Å². The molecular formula is C23H34FN3O3. The number of methoxy groups -OCH3 is 1. The van der Waals surface area contributed by atoms with Crippen molar-refractivity contribution in [1.82, 2.24) is 15.5 Å². The van der Waals surface area contributed by atoms with Crippen LogP contribution in [0.5, 0.6) is 5.75 Å². The van der Waals surface area contributed by atoms with E-state index in [1.54, 1.807) is 0 Å². The molecule has 0 aromatic heterocycles. The van der Waals surface area contributed by atoms with Crippen molar-refractivity contribution in [3.8, 4) is 5.75 Å². The second kappa shape index (κ2) is 9.77. The minimum Gasteiger partial charge on any atom is -0.497 e. The van der Waals surface area contributed by atoms with Gasteiger partial charge >= 0.3 is 0 Å².